The quantitative estimate of drug-likeness (QED) is 0.651. The highest BCUT2D eigenvalue weighted by Gasteiger charge is 2.13. The van der Waals surface area contributed by atoms with E-state index in [0.717, 1.165) is 0 Å². The molecule has 0 aliphatic carbocycles. The van der Waals surface area contributed by atoms with E-state index in [1.807, 2.05) is 0 Å². The normalized spacial score (nSPS) is 9.56. The molecule has 18 heavy (non-hydrogen) atoms. The Morgan fingerprint density at radius 1 is 1.28 bits per heavy atom. The summed E-state index contributed by atoms with van der Waals surface area (Å²) in [7, 11) is 4.90. The molecule has 0 fully saturated rings. The van der Waals surface area contributed by atoms with Gasteiger partial charge in [0.25, 0.3) is 0 Å². The van der Waals surface area contributed by atoms with Gasteiger partial charge in [0, 0.05) is 0 Å². The number of amides is 1. The van der Waals surface area contributed by atoms with E-state index < -0.39 is 5.97 Å². The molecule has 0 saturated heterocycles. The minimum atomic E-state index is -0.467. The van der Waals surface area contributed by atoms with Crippen LogP contribution in [-0.4, -0.2) is 44.5 Å². The lowest BCUT2D eigenvalue weighted by atomic mass is 10.2. The van der Waals surface area contributed by atoms with Crippen LogP contribution in [0, 0.1) is 0 Å². The van der Waals surface area contributed by atoms with E-state index in [9.17, 15) is 9.59 Å². The molecule has 0 aliphatic rings. The molecular formula is C12H17IN2O3. The fourth-order valence-electron chi connectivity index (χ4n) is 1.36. The van der Waals surface area contributed by atoms with Crippen molar-refractivity contribution in [3.8, 4) is 0 Å². The van der Waals surface area contributed by atoms with Crippen LogP contribution in [0.25, 0.3) is 0 Å². The van der Waals surface area contributed by atoms with Crippen molar-refractivity contribution in [3.63, 3.8) is 0 Å². The smallest absolute Gasteiger partial charge is 0.339 e. The molecule has 1 aromatic rings. The molecule has 0 spiro atoms. The Hall–Kier alpha value is -1.15. The number of para-hydroxylation sites is 1. The average Bonchev–Trinajstić information content (AvgIpc) is 2.27. The van der Waals surface area contributed by atoms with E-state index in [1.165, 1.54) is 7.11 Å². The second-order valence-electron chi connectivity index (χ2n) is 3.82. The van der Waals surface area contributed by atoms with Gasteiger partial charge in [0.1, 0.15) is 0 Å². The van der Waals surface area contributed by atoms with Crippen molar-refractivity contribution in [1.82, 2.24) is 4.90 Å². The average molecular weight is 364 g/mol. The topological polar surface area (TPSA) is 58.6 Å². The number of likely N-dealkylation sites (N-methyl/N-ethyl adjacent to an activating group) is 1. The molecule has 0 aliphatic heterocycles. The Bertz CT molecular complexity index is 422. The Morgan fingerprint density at radius 2 is 1.89 bits per heavy atom. The lowest BCUT2D eigenvalue weighted by Crippen LogP contribution is -2.27. The molecule has 5 nitrogen and oxygen atoms in total. The first-order valence-electron chi connectivity index (χ1n) is 5.16. The van der Waals surface area contributed by atoms with Crippen LogP contribution in [0.1, 0.15) is 10.4 Å². The SMILES string of the molecule is COC(=O)c1ccccc1NC(=O)CN(C)C.I. The lowest BCUT2D eigenvalue weighted by Gasteiger charge is -2.12. The third-order valence-corrected chi connectivity index (χ3v) is 2.07. The van der Waals surface area contributed by atoms with E-state index in [4.69, 9.17) is 0 Å². The van der Waals surface area contributed by atoms with Crippen LogP contribution >= 0.6 is 24.0 Å². The van der Waals surface area contributed by atoms with Crippen LogP contribution in [0.3, 0.4) is 0 Å². The van der Waals surface area contributed by atoms with Crippen molar-refractivity contribution in [1.29, 1.82) is 0 Å². The highest BCUT2D eigenvalue weighted by molar-refractivity contribution is 14.0. The van der Waals surface area contributed by atoms with Crippen molar-refractivity contribution < 1.29 is 14.3 Å². The maximum atomic E-state index is 11.6. The third kappa shape index (κ3) is 5.01. The molecule has 0 unspecified atom stereocenters. The van der Waals surface area contributed by atoms with Gasteiger partial charge >= 0.3 is 5.97 Å². The molecule has 1 amide bonds. The Kier molecular flexibility index (Phi) is 7.53. The Morgan fingerprint density at radius 3 is 2.44 bits per heavy atom. The van der Waals surface area contributed by atoms with Crippen LogP contribution in [0.5, 0.6) is 0 Å². The number of nitrogens with zero attached hydrogens (tertiary/aromatic N) is 1. The van der Waals surface area contributed by atoms with Crippen molar-refractivity contribution >= 4 is 41.5 Å². The zero-order valence-corrected chi connectivity index (χ0v) is 12.9. The number of methoxy groups -OCH3 is 1. The molecule has 0 saturated carbocycles. The van der Waals surface area contributed by atoms with Crippen LogP contribution in [-0.2, 0) is 9.53 Å². The fraction of sp³-hybridized carbons (Fsp3) is 0.333. The minimum absolute atomic E-state index is 0. The number of rotatable bonds is 4. The first-order chi connectivity index (χ1) is 8.04. The first kappa shape index (κ1) is 16.9. The summed E-state index contributed by atoms with van der Waals surface area (Å²) in [4.78, 5) is 24.8. The molecule has 1 N–H and O–H groups in total. The summed E-state index contributed by atoms with van der Waals surface area (Å²) in [5.74, 6) is -0.642. The summed E-state index contributed by atoms with van der Waals surface area (Å²) in [6.45, 7) is 0.259. The second-order valence-corrected chi connectivity index (χ2v) is 3.82. The van der Waals surface area contributed by atoms with Gasteiger partial charge in [-0.25, -0.2) is 4.79 Å². The number of hydrogen-bond acceptors (Lipinski definition) is 4. The number of hydrogen-bond donors (Lipinski definition) is 1. The maximum Gasteiger partial charge on any atom is 0.339 e. The molecule has 0 heterocycles. The van der Waals surface area contributed by atoms with Gasteiger partial charge in [0.15, 0.2) is 0 Å². The van der Waals surface area contributed by atoms with E-state index in [2.05, 4.69) is 10.1 Å². The first-order valence-corrected chi connectivity index (χ1v) is 5.16. The molecule has 100 valence electrons. The Balaban J connectivity index is 0.00000289. The predicted octanol–water partition coefficient (Wildman–Crippen LogP) is 1.59. The largest absolute Gasteiger partial charge is 0.465 e. The van der Waals surface area contributed by atoms with Crippen molar-refractivity contribution in [2.24, 2.45) is 0 Å². The minimum Gasteiger partial charge on any atom is -0.465 e. The number of anilines is 1. The molecule has 1 aromatic carbocycles. The third-order valence-electron chi connectivity index (χ3n) is 2.07. The lowest BCUT2D eigenvalue weighted by molar-refractivity contribution is -0.116. The summed E-state index contributed by atoms with van der Waals surface area (Å²) >= 11 is 0. The van der Waals surface area contributed by atoms with Gasteiger partial charge in [-0.3, -0.25) is 4.79 Å². The van der Waals surface area contributed by atoms with Crippen molar-refractivity contribution in [3.05, 3.63) is 29.8 Å². The fourth-order valence-corrected chi connectivity index (χ4v) is 1.36. The number of halogens is 1. The van der Waals surface area contributed by atoms with Gasteiger partial charge in [0.05, 0.1) is 24.9 Å². The van der Waals surface area contributed by atoms with Crippen LogP contribution in [0.4, 0.5) is 5.69 Å². The summed E-state index contributed by atoms with van der Waals surface area (Å²) in [6.07, 6.45) is 0. The number of ether oxygens (including phenoxy) is 1. The number of carbonyl (C=O) groups excluding carboxylic acids is 2. The molecule has 0 aromatic heterocycles. The van der Waals surface area contributed by atoms with Crippen LogP contribution in [0.15, 0.2) is 24.3 Å². The number of benzene rings is 1. The van der Waals surface area contributed by atoms with Crippen LogP contribution < -0.4 is 5.32 Å². The van der Waals surface area contributed by atoms with E-state index in [-0.39, 0.29) is 36.4 Å². The van der Waals surface area contributed by atoms with Gasteiger partial charge in [-0.15, -0.1) is 24.0 Å². The summed E-state index contributed by atoms with van der Waals surface area (Å²) in [5, 5.41) is 2.68. The van der Waals surface area contributed by atoms with E-state index in [1.54, 1.807) is 43.3 Å². The highest BCUT2D eigenvalue weighted by Crippen LogP contribution is 2.15. The molecule has 0 atom stereocenters. The molecule has 0 bridgehead atoms. The van der Waals surface area contributed by atoms with Gasteiger partial charge in [-0.2, -0.15) is 0 Å². The van der Waals surface area contributed by atoms with Gasteiger partial charge in [-0.1, -0.05) is 12.1 Å². The van der Waals surface area contributed by atoms with Crippen LogP contribution in [0.2, 0.25) is 0 Å². The Labute approximate surface area is 124 Å². The van der Waals surface area contributed by atoms with E-state index in [0.29, 0.717) is 11.3 Å². The zero-order valence-electron chi connectivity index (χ0n) is 10.6. The molecule has 1 rings (SSSR count). The number of carbonyl (C=O) groups is 2. The number of esters is 1. The highest BCUT2D eigenvalue weighted by atomic mass is 127. The standard InChI is InChI=1S/C12H16N2O3.HI/c1-14(2)8-11(15)13-10-7-5-4-6-9(10)12(16)17-3;/h4-7H,8H2,1-3H3,(H,13,15);1H. The monoisotopic (exact) mass is 364 g/mol. The van der Waals surface area contributed by atoms with Gasteiger partial charge in [-0.05, 0) is 26.2 Å². The summed E-state index contributed by atoms with van der Waals surface area (Å²) in [5.41, 5.74) is 0.813. The molecule has 0 radical (unpaired) electrons. The number of nitrogens with one attached hydrogen (secondary N) is 1. The predicted molar refractivity (Wildman–Crippen MR) is 80.4 cm³/mol. The molecule has 6 heteroatoms. The summed E-state index contributed by atoms with van der Waals surface area (Å²) in [6, 6.07) is 6.74. The van der Waals surface area contributed by atoms with E-state index >= 15 is 0 Å². The maximum absolute atomic E-state index is 11.6. The van der Waals surface area contributed by atoms with Gasteiger partial charge in [0.2, 0.25) is 5.91 Å². The second kappa shape index (κ2) is 8.04. The zero-order chi connectivity index (χ0) is 12.8. The van der Waals surface area contributed by atoms with Crippen molar-refractivity contribution in [2.45, 2.75) is 0 Å². The summed E-state index contributed by atoms with van der Waals surface area (Å²) < 4.78 is 4.64. The van der Waals surface area contributed by atoms with Crippen molar-refractivity contribution in [2.75, 3.05) is 33.1 Å². The van der Waals surface area contributed by atoms with Gasteiger partial charge < -0.3 is 15.0 Å². The molecular weight excluding hydrogens is 347 g/mol.